The van der Waals surface area contributed by atoms with Crippen molar-refractivity contribution in [3.63, 3.8) is 0 Å². The van der Waals surface area contributed by atoms with E-state index >= 15 is 0 Å². The number of ether oxygens (including phenoxy) is 1. The molecule has 1 aliphatic carbocycles. The van der Waals surface area contributed by atoms with Crippen molar-refractivity contribution in [1.29, 1.82) is 0 Å². The second kappa shape index (κ2) is 10.4. The maximum atomic E-state index is 12.9. The molecule has 6 nitrogen and oxygen atoms in total. The smallest absolute Gasteiger partial charge is 0.449 e. The van der Waals surface area contributed by atoms with Crippen molar-refractivity contribution < 1.29 is 18.8 Å². The molecule has 196 valence electrons. The van der Waals surface area contributed by atoms with Crippen LogP contribution in [0, 0.1) is 0 Å². The summed E-state index contributed by atoms with van der Waals surface area (Å²) in [7, 11) is -0.594. The summed E-state index contributed by atoms with van der Waals surface area (Å²) in [5.74, 6) is 0.00678. The van der Waals surface area contributed by atoms with Gasteiger partial charge in [-0.1, -0.05) is 78.9 Å². The number of nitrogens with two attached hydrogens (primary N) is 1. The first-order valence-electron chi connectivity index (χ1n) is 13.1. The Hall–Kier alpha value is -3.39. The average Bonchev–Trinajstić information content (AvgIpc) is 3.34. The Bertz CT molecular complexity index is 1290. The van der Waals surface area contributed by atoms with Crippen LogP contribution in [0.25, 0.3) is 17.2 Å². The first kappa shape index (κ1) is 26.2. The zero-order chi connectivity index (χ0) is 26.9. The highest BCUT2D eigenvalue weighted by atomic mass is 16.7. The molecule has 1 fully saturated rings. The molecule has 38 heavy (non-hydrogen) atoms. The van der Waals surface area contributed by atoms with Crippen LogP contribution in [0.5, 0.6) is 0 Å². The Morgan fingerprint density at radius 3 is 2.03 bits per heavy atom. The van der Waals surface area contributed by atoms with E-state index in [1.165, 1.54) is 22.3 Å². The molecule has 0 spiro atoms. The second-order valence-electron chi connectivity index (χ2n) is 10.9. The number of benzene rings is 3. The van der Waals surface area contributed by atoms with Gasteiger partial charge in [0.1, 0.15) is 6.61 Å². The van der Waals surface area contributed by atoms with Gasteiger partial charge in [-0.05, 0) is 66.5 Å². The molecule has 0 unspecified atom stereocenters. The molecule has 2 aliphatic rings. The fourth-order valence-corrected chi connectivity index (χ4v) is 4.98. The van der Waals surface area contributed by atoms with Gasteiger partial charge in [-0.3, -0.25) is 0 Å². The highest BCUT2D eigenvalue weighted by molar-refractivity contribution is 6.56. The largest absolute Gasteiger partial charge is 0.492 e. The lowest BCUT2D eigenvalue weighted by atomic mass is 9.77. The molecule has 3 N–H and O–H groups in total. The number of hydrogen-bond donors (Lipinski definition) is 2. The molecule has 1 saturated heterocycles. The molecule has 0 radical (unpaired) electrons. The Kier molecular flexibility index (Phi) is 7.18. The molecule has 0 saturated carbocycles. The van der Waals surface area contributed by atoms with Crippen molar-refractivity contribution in [1.82, 2.24) is 5.32 Å². The van der Waals surface area contributed by atoms with Gasteiger partial charge in [0.15, 0.2) is 0 Å². The number of amides is 1. The van der Waals surface area contributed by atoms with Gasteiger partial charge in [0.25, 0.3) is 0 Å². The lowest BCUT2D eigenvalue weighted by molar-refractivity contribution is 0.00578. The quantitative estimate of drug-likeness (QED) is 0.399. The Morgan fingerprint density at radius 2 is 1.47 bits per heavy atom. The molecule has 3 aromatic rings. The van der Waals surface area contributed by atoms with Gasteiger partial charge >= 0.3 is 13.2 Å². The van der Waals surface area contributed by atoms with E-state index in [9.17, 15) is 4.79 Å². The van der Waals surface area contributed by atoms with Crippen molar-refractivity contribution >= 4 is 19.3 Å². The number of nitrogens with one attached hydrogen (secondary N) is 1. The van der Waals surface area contributed by atoms with Crippen LogP contribution in [-0.4, -0.2) is 37.6 Å². The minimum atomic E-state index is -0.594. The van der Waals surface area contributed by atoms with Gasteiger partial charge in [-0.2, -0.15) is 0 Å². The van der Waals surface area contributed by atoms with Crippen molar-refractivity contribution in [3.8, 4) is 11.1 Å². The first-order valence-corrected chi connectivity index (χ1v) is 13.1. The minimum absolute atomic E-state index is 0.00678. The van der Waals surface area contributed by atoms with Crippen LogP contribution in [0.1, 0.15) is 55.9 Å². The van der Waals surface area contributed by atoms with E-state index in [2.05, 4.69) is 29.6 Å². The van der Waals surface area contributed by atoms with Crippen LogP contribution >= 0.6 is 0 Å². The minimum Gasteiger partial charge on any atom is -0.449 e. The van der Waals surface area contributed by atoms with E-state index in [1.807, 2.05) is 82.3 Å². The number of carbonyl (C=O) groups is 1. The lowest BCUT2D eigenvalue weighted by Crippen LogP contribution is -2.41. The van der Waals surface area contributed by atoms with Gasteiger partial charge < -0.3 is 25.1 Å². The summed E-state index contributed by atoms with van der Waals surface area (Å²) in [6.45, 7) is 9.03. The fourth-order valence-electron chi connectivity index (χ4n) is 4.98. The molecule has 0 bridgehead atoms. The molecule has 1 amide bonds. The Balaban J connectivity index is 1.29. The van der Waals surface area contributed by atoms with E-state index in [0.29, 0.717) is 6.54 Å². The maximum Gasteiger partial charge on any atom is 0.492 e. The topological polar surface area (TPSA) is 82.8 Å². The third-order valence-electron chi connectivity index (χ3n) is 7.90. The lowest BCUT2D eigenvalue weighted by Gasteiger charge is -2.32. The van der Waals surface area contributed by atoms with Crippen molar-refractivity contribution in [2.75, 3.05) is 13.2 Å². The standard InChI is InChI=1S/C31H35BN2O4/c1-30(2)31(3,4)38-32(37-30)23(17-21-13-15-22(18-33)16-14-21)19-34-29(35)36-20-28-26-11-7-5-9-24(26)25-10-6-8-12-27(25)28/h5-17,28H,18-20,33H2,1-4H3,(H,34,35). The number of fused-ring (bicyclic) bond motifs is 3. The summed E-state index contributed by atoms with van der Waals surface area (Å²) in [6, 6.07) is 24.6. The Morgan fingerprint density at radius 1 is 0.921 bits per heavy atom. The molecule has 5 rings (SSSR count). The number of carbonyl (C=O) groups excluding carboxylic acids is 1. The van der Waals surface area contributed by atoms with Crippen LogP contribution < -0.4 is 11.1 Å². The van der Waals surface area contributed by atoms with Crippen LogP contribution in [0.4, 0.5) is 4.79 Å². The zero-order valence-electron chi connectivity index (χ0n) is 22.5. The van der Waals surface area contributed by atoms with Gasteiger partial charge in [0.2, 0.25) is 0 Å². The van der Waals surface area contributed by atoms with E-state index in [4.69, 9.17) is 19.8 Å². The Labute approximate surface area is 225 Å². The van der Waals surface area contributed by atoms with Gasteiger partial charge in [-0.25, -0.2) is 4.79 Å². The second-order valence-corrected chi connectivity index (χ2v) is 10.9. The van der Waals surface area contributed by atoms with Crippen LogP contribution in [0.15, 0.2) is 78.3 Å². The molecule has 0 aromatic heterocycles. The number of alkyl carbamates (subject to hydrolysis) is 1. The fraction of sp³-hybridized carbons (Fsp3) is 0.323. The molecule has 1 heterocycles. The highest BCUT2D eigenvalue weighted by Gasteiger charge is 2.52. The monoisotopic (exact) mass is 510 g/mol. The van der Waals surface area contributed by atoms with Crippen molar-refractivity contribution in [2.24, 2.45) is 5.73 Å². The summed E-state index contributed by atoms with van der Waals surface area (Å²) >= 11 is 0. The van der Waals surface area contributed by atoms with E-state index in [0.717, 1.165) is 16.6 Å². The summed E-state index contributed by atoms with van der Waals surface area (Å²) in [5.41, 5.74) is 12.3. The van der Waals surface area contributed by atoms with Crippen LogP contribution in [-0.2, 0) is 20.6 Å². The highest BCUT2D eigenvalue weighted by Crippen LogP contribution is 2.44. The van der Waals surface area contributed by atoms with Gasteiger partial charge in [0, 0.05) is 19.0 Å². The van der Waals surface area contributed by atoms with Crippen LogP contribution in [0.2, 0.25) is 0 Å². The molecule has 3 aromatic carbocycles. The van der Waals surface area contributed by atoms with Crippen LogP contribution in [0.3, 0.4) is 0 Å². The van der Waals surface area contributed by atoms with E-state index < -0.39 is 24.4 Å². The molecular formula is C31H35BN2O4. The van der Waals surface area contributed by atoms with Gasteiger partial charge in [-0.15, -0.1) is 0 Å². The first-order chi connectivity index (χ1) is 18.2. The molecule has 0 atom stereocenters. The summed E-state index contributed by atoms with van der Waals surface area (Å²) in [4.78, 5) is 12.9. The van der Waals surface area contributed by atoms with Crippen molar-refractivity contribution in [3.05, 3.63) is 101 Å². The summed E-state index contributed by atoms with van der Waals surface area (Å²) < 4.78 is 18.3. The third kappa shape index (κ3) is 5.14. The number of hydrogen-bond acceptors (Lipinski definition) is 5. The van der Waals surface area contributed by atoms with E-state index in [-0.39, 0.29) is 19.1 Å². The normalized spacial score (nSPS) is 17.7. The number of rotatable bonds is 7. The molecule has 7 heteroatoms. The molecule has 1 aliphatic heterocycles. The maximum absolute atomic E-state index is 12.9. The molecular weight excluding hydrogens is 475 g/mol. The predicted octanol–water partition coefficient (Wildman–Crippen LogP) is 5.70. The summed E-state index contributed by atoms with van der Waals surface area (Å²) in [6.07, 6.45) is 1.51. The zero-order valence-corrected chi connectivity index (χ0v) is 22.5. The summed E-state index contributed by atoms with van der Waals surface area (Å²) in [5, 5.41) is 2.92. The van der Waals surface area contributed by atoms with Crippen molar-refractivity contribution in [2.45, 2.75) is 51.4 Å². The average molecular weight is 510 g/mol. The SMILES string of the molecule is CC1(C)OB(C(=Cc2ccc(CN)cc2)CNC(=O)OCC2c3ccccc3-c3ccccc32)OC1(C)C. The third-order valence-corrected chi connectivity index (χ3v) is 7.90. The van der Waals surface area contributed by atoms with E-state index in [1.54, 1.807) is 0 Å². The van der Waals surface area contributed by atoms with Gasteiger partial charge in [0.05, 0.1) is 11.2 Å². The predicted molar refractivity (Wildman–Crippen MR) is 151 cm³/mol.